The van der Waals surface area contributed by atoms with Crippen LogP contribution in [0, 0.1) is 11.6 Å². The van der Waals surface area contributed by atoms with E-state index in [0.717, 1.165) is 15.6 Å². The van der Waals surface area contributed by atoms with Crippen molar-refractivity contribution in [2.24, 2.45) is 0 Å². The van der Waals surface area contributed by atoms with Gasteiger partial charge >= 0.3 is 0 Å². The van der Waals surface area contributed by atoms with Gasteiger partial charge in [-0.05, 0) is 55.3 Å². The minimum absolute atomic E-state index is 0.120. The summed E-state index contributed by atoms with van der Waals surface area (Å²) in [6.07, 6.45) is 1.38. The largest absolute Gasteiger partial charge is 0.316 e. The van der Waals surface area contributed by atoms with Gasteiger partial charge in [-0.3, -0.25) is 0 Å². The molecule has 2 aromatic carbocycles. The summed E-state index contributed by atoms with van der Waals surface area (Å²) in [5, 5.41) is 3.64. The molecule has 0 fully saturated rings. The minimum atomic E-state index is -0.342. The Morgan fingerprint density at radius 1 is 1.05 bits per heavy atom. The molecule has 112 valence electrons. The van der Waals surface area contributed by atoms with Crippen LogP contribution in [0.4, 0.5) is 8.78 Å². The summed E-state index contributed by atoms with van der Waals surface area (Å²) in [6, 6.07) is 9.19. The summed E-state index contributed by atoms with van der Waals surface area (Å²) >= 11 is 9.43. The zero-order valence-corrected chi connectivity index (χ0v) is 13.8. The summed E-state index contributed by atoms with van der Waals surface area (Å²) in [6.45, 7) is 0. The molecule has 0 aliphatic heterocycles. The Morgan fingerprint density at radius 3 is 2.19 bits per heavy atom. The molecule has 1 atom stereocenters. The third kappa shape index (κ3) is 4.50. The third-order valence-electron chi connectivity index (χ3n) is 3.37. The number of nitrogens with one attached hydrogen (secondary N) is 1. The van der Waals surface area contributed by atoms with Crippen LogP contribution in [0.25, 0.3) is 0 Å². The van der Waals surface area contributed by atoms with E-state index in [-0.39, 0.29) is 17.7 Å². The molecule has 2 rings (SSSR count). The summed E-state index contributed by atoms with van der Waals surface area (Å²) in [5.41, 5.74) is 1.89. The third-order valence-corrected chi connectivity index (χ3v) is 4.46. The van der Waals surface area contributed by atoms with E-state index in [9.17, 15) is 8.78 Å². The van der Waals surface area contributed by atoms with Gasteiger partial charge in [0.1, 0.15) is 11.6 Å². The average molecular weight is 375 g/mol. The summed E-state index contributed by atoms with van der Waals surface area (Å²) in [4.78, 5) is 0. The van der Waals surface area contributed by atoms with Gasteiger partial charge in [-0.1, -0.05) is 39.7 Å². The Balaban J connectivity index is 2.13. The van der Waals surface area contributed by atoms with Crippen molar-refractivity contribution in [3.8, 4) is 0 Å². The van der Waals surface area contributed by atoms with Crippen molar-refractivity contribution in [2.45, 2.75) is 18.9 Å². The quantitative estimate of drug-likeness (QED) is 0.796. The van der Waals surface area contributed by atoms with Gasteiger partial charge in [-0.15, -0.1) is 0 Å². The van der Waals surface area contributed by atoms with Crippen LogP contribution in [-0.2, 0) is 12.8 Å². The molecular weight excluding hydrogens is 360 g/mol. The van der Waals surface area contributed by atoms with Gasteiger partial charge < -0.3 is 5.32 Å². The van der Waals surface area contributed by atoms with Crippen LogP contribution >= 0.6 is 27.5 Å². The molecule has 0 spiro atoms. The molecule has 0 aliphatic carbocycles. The zero-order valence-electron chi connectivity index (χ0n) is 11.5. The standard InChI is InChI=1S/C16H15BrClF2N/c1-21-14(6-10-2-4-12(19)8-15(10)17)7-11-3-5-13(20)9-16(11)18/h2-5,8-9,14,21H,6-7H2,1H3. The molecule has 0 saturated carbocycles. The fourth-order valence-corrected chi connectivity index (χ4v) is 2.94. The summed E-state index contributed by atoms with van der Waals surface area (Å²) in [7, 11) is 1.86. The first kappa shape index (κ1) is 16.4. The van der Waals surface area contributed by atoms with E-state index in [0.29, 0.717) is 17.9 Å². The molecule has 1 N–H and O–H groups in total. The fraction of sp³-hybridized carbons (Fsp3) is 0.250. The van der Waals surface area contributed by atoms with Crippen molar-refractivity contribution in [1.82, 2.24) is 5.32 Å². The molecule has 5 heteroatoms. The van der Waals surface area contributed by atoms with Crippen molar-refractivity contribution in [2.75, 3.05) is 7.05 Å². The van der Waals surface area contributed by atoms with E-state index in [2.05, 4.69) is 21.2 Å². The number of benzene rings is 2. The molecule has 1 unspecified atom stereocenters. The molecule has 1 nitrogen and oxygen atoms in total. The first-order valence-electron chi connectivity index (χ1n) is 6.54. The lowest BCUT2D eigenvalue weighted by atomic mass is 9.99. The predicted octanol–water partition coefficient (Wildman–Crippen LogP) is 4.75. The van der Waals surface area contributed by atoms with Gasteiger partial charge in [-0.25, -0.2) is 8.78 Å². The second-order valence-electron chi connectivity index (χ2n) is 4.87. The van der Waals surface area contributed by atoms with Crippen molar-refractivity contribution in [3.05, 3.63) is 68.7 Å². The molecule has 0 saturated heterocycles. The highest BCUT2D eigenvalue weighted by Gasteiger charge is 2.13. The molecule has 0 bridgehead atoms. The maximum Gasteiger partial charge on any atom is 0.124 e. The Labute approximate surface area is 136 Å². The molecule has 0 aromatic heterocycles. The number of rotatable bonds is 5. The zero-order chi connectivity index (χ0) is 15.4. The molecule has 0 radical (unpaired) electrons. The molecular formula is C16H15BrClF2N. The van der Waals surface area contributed by atoms with Crippen molar-refractivity contribution in [1.29, 1.82) is 0 Å². The number of hydrogen-bond donors (Lipinski definition) is 1. The molecule has 0 aliphatic rings. The number of hydrogen-bond acceptors (Lipinski definition) is 1. The lowest BCUT2D eigenvalue weighted by Gasteiger charge is -2.18. The molecule has 21 heavy (non-hydrogen) atoms. The van der Waals surface area contributed by atoms with E-state index in [4.69, 9.17) is 11.6 Å². The first-order chi connectivity index (χ1) is 9.99. The fourth-order valence-electron chi connectivity index (χ4n) is 2.18. The first-order valence-corrected chi connectivity index (χ1v) is 7.72. The summed E-state index contributed by atoms with van der Waals surface area (Å²) < 4.78 is 26.9. The van der Waals surface area contributed by atoms with Gasteiger partial charge in [0.15, 0.2) is 0 Å². The highest BCUT2D eigenvalue weighted by Crippen LogP contribution is 2.23. The van der Waals surface area contributed by atoms with Crippen LogP contribution < -0.4 is 5.32 Å². The maximum atomic E-state index is 13.1. The van der Waals surface area contributed by atoms with Gasteiger partial charge in [0.05, 0.1) is 0 Å². The normalized spacial score (nSPS) is 12.4. The number of halogens is 4. The average Bonchev–Trinajstić information content (AvgIpc) is 2.43. The van der Waals surface area contributed by atoms with Crippen LogP contribution in [-0.4, -0.2) is 13.1 Å². The van der Waals surface area contributed by atoms with E-state index in [1.54, 1.807) is 12.1 Å². The van der Waals surface area contributed by atoms with Crippen LogP contribution in [0.1, 0.15) is 11.1 Å². The van der Waals surface area contributed by atoms with Crippen molar-refractivity contribution >= 4 is 27.5 Å². The lowest BCUT2D eigenvalue weighted by molar-refractivity contribution is 0.553. The Hall–Kier alpha value is -0.970. The topological polar surface area (TPSA) is 12.0 Å². The van der Waals surface area contributed by atoms with Gasteiger partial charge in [0.2, 0.25) is 0 Å². The van der Waals surface area contributed by atoms with Gasteiger partial charge in [-0.2, -0.15) is 0 Å². The van der Waals surface area contributed by atoms with Crippen LogP contribution in [0.3, 0.4) is 0 Å². The second-order valence-corrected chi connectivity index (χ2v) is 6.13. The maximum absolute atomic E-state index is 13.1. The van der Waals surface area contributed by atoms with Gasteiger partial charge in [0.25, 0.3) is 0 Å². The van der Waals surface area contributed by atoms with E-state index >= 15 is 0 Å². The molecule has 0 amide bonds. The highest BCUT2D eigenvalue weighted by molar-refractivity contribution is 9.10. The Kier molecular flexibility index (Phi) is 5.73. The highest BCUT2D eigenvalue weighted by atomic mass is 79.9. The second kappa shape index (κ2) is 7.34. The van der Waals surface area contributed by atoms with Crippen molar-refractivity contribution in [3.63, 3.8) is 0 Å². The summed E-state index contributed by atoms with van der Waals surface area (Å²) in [5.74, 6) is -0.612. The molecule has 0 heterocycles. The van der Waals surface area contributed by atoms with Crippen LogP contribution in [0.5, 0.6) is 0 Å². The Bertz CT molecular complexity index is 580. The van der Waals surface area contributed by atoms with E-state index in [1.165, 1.54) is 24.3 Å². The smallest absolute Gasteiger partial charge is 0.124 e. The minimum Gasteiger partial charge on any atom is -0.316 e. The van der Waals surface area contributed by atoms with E-state index in [1.807, 2.05) is 7.05 Å². The monoisotopic (exact) mass is 373 g/mol. The van der Waals surface area contributed by atoms with Crippen LogP contribution in [0.2, 0.25) is 5.02 Å². The van der Waals surface area contributed by atoms with Gasteiger partial charge in [0, 0.05) is 15.5 Å². The lowest BCUT2D eigenvalue weighted by Crippen LogP contribution is -2.30. The van der Waals surface area contributed by atoms with Crippen molar-refractivity contribution < 1.29 is 8.78 Å². The van der Waals surface area contributed by atoms with Crippen LogP contribution in [0.15, 0.2) is 40.9 Å². The number of likely N-dealkylation sites (N-methyl/N-ethyl adjacent to an activating group) is 1. The molecule has 2 aromatic rings. The SMILES string of the molecule is CNC(Cc1ccc(F)cc1Cl)Cc1ccc(F)cc1Br. The predicted molar refractivity (Wildman–Crippen MR) is 85.8 cm³/mol. The Morgan fingerprint density at radius 2 is 1.62 bits per heavy atom. The van der Waals surface area contributed by atoms with E-state index < -0.39 is 0 Å².